The van der Waals surface area contributed by atoms with Gasteiger partial charge < -0.3 is 15.2 Å². The van der Waals surface area contributed by atoms with Gasteiger partial charge in [0.25, 0.3) is 5.91 Å². The highest BCUT2D eigenvalue weighted by atomic mass is 32.2. The molecule has 0 unspecified atom stereocenters. The summed E-state index contributed by atoms with van der Waals surface area (Å²) in [5, 5.41) is 12.4. The summed E-state index contributed by atoms with van der Waals surface area (Å²) in [5.41, 5.74) is 3.23. The van der Waals surface area contributed by atoms with Crippen molar-refractivity contribution >= 4 is 17.7 Å². The van der Waals surface area contributed by atoms with Gasteiger partial charge in [0.2, 0.25) is 0 Å². The molecule has 0 heterocycles. The van der Waals surface area contributed by atoms with Crippen molar-refractivity contribution in [1.29, 1.82) is 0 Å². The average Bonchev–Trinajstić information content (AvgIpc) is 2.64. The van der Waals surface area contributed by atoms with Gasteiger partial charge in [-0.3, -0.25) is 4.79 Å². The summed E-state index contributed by atoms with van der Waals surface area (Å²) in [6.45, 7) is 2.68. The van der Waals surface area contributed by atoms with Crippen LogP contribution in [0, 0.1) is 0 Å². The Hall–Kier alpha value is -1.98. The van der Waals surface area contributed by atoms with Crippen LogP contribution in [0.5, 0.6) is 5.75 Å². The molecule has 1 amide bonds. The monoisotopic (exact) mass is 345 g/mol. The average molecular weight is 345 g/mol. The first-order chi connectivity index (χ1) is 11.7. The Balaban J connectivity index is 2.16. The van der Waals surface area contributed by atoms with Crippen LogP contribution in [0.4, 0.5) is 0 Å². The highest BCUT2D eigenvalue weighted by Crippen LogP contribution is 2.27. The Morgan fingerprint density at radius 1 is 1.21 bits per heavy atom. The van der Waals surface area contributed by atoms with Crippen LogP contribution in [-0.4, -0.2) is 36.2 Å². The van der Waals surface area contributed by atoms with Gasteiger partial charge in [-0.25, -0.2) is 0 Å². The largest absolute Gasteiger partial charge is 0.496 e. The quantitative estimate of drug-likeness (QED) is 0.721. The number of amides is 1. The molecule has 0 aliphatic carbocycles. The van der Waals surface area contributed by atoms with E-state index in [0.717, 1.165) is 28.2 Å². The number of carbonyl (C=O) groups excluding carboxylic acids is 1. The molecule has 24 heavy (non-hydrogen) atoms. The van der Waals surface area contributed by atoms with E-state index in [2.05, 4.69) is 12.2 Å². The van der Waals surface area contributed by atoms with Gasteiger partial charge in [-0.2, -0.15) is 11.8 Å². The summed E-state index contributed by atoms with van der Waals surface area (Å²) in [6.07, 6.45) is 0. The molecule has 2 aromatic rings. The van der Waals surface area contributed by atoms with Gasteiger partial charge in [-0.05, 0) is 41.1 Å². The van der Waals surface area contributed by atoms with Crippen molar-refractivity contribution in [3.63, 3.8) is 0 Å². The normalized spacial score (nSPS) is 10.5. The predicted molar refractivity (Wildman–Crippen MR) is 99.7 cm³/mol. The van der Waals surface area contributed by atoms with E-state index in [9.17, 15) is 9.90 Å². The van der Waals surface area contributed by atoms with Gasteiger partial charge in [0.1, 0.15) is 5.75 Å². The van der Waals surface area contributed by atoms with Crippen molar-refractivity contribution in [2.24, 2.45) is 0 Å². The lowest BCUT2D eigenvalue weighted by atomic mass is 10.0. The lowest BCUT2D eigenvalue weighted by molar-refractivity contribution is 0.0956. The second-order valence-corrected chi connectivity index (χ2v) is 6.61. The van der Waals surface area contributed by atoms with Gasteiger partial charge in [0.15, 0.2) is 0 Å². The number of aliphatic hydroxyl groups excluding tert-OH is 1. The van der Waals surface area contributed by atoms with Crippen LogP contribution >= 0.6 is 11.8 Å². The molecule has 0 aromatic heterocycles. The lowest BCUT2D eigenvalue weighted by Crippen LogP contribution is -2.25. The second kappa shape index (κ2) is 9.35. The van der Waals surface area contributed by atoms with Crippen molar-refractivity contribution in [2.45, 2.75) is 13.5 Å². The van der Waals surface area contributed by atoms with Crippen LogP contribution in [0.25, 0.3) is 11.1 Å². The number of methoxy groups -OCH3 is 1. The molecule has 5 heteroatoms. The molecule has 0 radical (unpaired) electrons. The Labute approximate surface area is 147 Å². The third kappa shape index (κ3) is 4.76. The maximum absolute atomic E-state index is 12.2. The number of nitrogens with one attached hydrogen (secondary N) is 1. The Bertz CT molecular complexity index is 688. The number of hydrogen-bond donors (Lipinski definition) is 2. The van der Waals surface area contributed by atoms with E-state index in [1.807, 2.05) is 42.5 Å². The Morgan fingerprint density at radius 3 is 2.71 bits per heavy atom. The number of hydrogen-bond acceptors (Lipinski definition) is 4. The summed E-state index contributed by atoms with van der Waals surface area (Å²) < 4.78 is 5.23. The zero-order chi connectivity index (χ0) is 17.4. The summed E-state index contributed by atoms with van der Waals surface area (Å²) in [6, 6.07) is 13.1. The molecule has 0 aliphatic heterocycles. The number of benzene rings is 2. The van der Waals surface area contributed by atoms with Crippen molar-refractivity contribution in [2.75, 3.05) is 25.2 Å². The molecular formula is C19H23NO3S. The van der Waals surface area contributed by atoms with Crippen LogP contribution in [-0.2, 0) is 6.61 Å². The number of rotatable bonds is 8. The first kappa shape index (κ1) is 18.4. The molecule has 0 bridgehead atoms. The molecule has 128 valence electrons. The molecule has 2 rings (SSSR count). The van der Waals surface area contributed by atoms with Crippen LogP contribution in [0.1, 0.15) is 22.8 Å². The van der Waals surface area contributed by atoms with Crippen LogP contribution in [0.15, 0.2) is 42.5 Å². The number of thioether (sulfide) groups is 1. The summed E-state index contributed by atoms with van der Waals surface area (Å²) >= 11 is 1.80. The Morgan fingerprint density at radius 2 is 2.00 bits per heavy atom. The van der Waals surface area contributed by atoms with E-state index in [0.29, 0.717) is 17.9 Å². The van der Waals surface area contributed by atoms with Crippen molar-refractivity contribution < 1.29 is 14.6 Å². The van der Waals surface area contributed by atoms with E-state index in [1.165, 1.54) is 0 Å². The van der Waals surface area contributed by atoms with E-state index < -0.39 is 0 Å². The van der Waals surface area contributed by atoms with Gasteiger partial charge in [0.05, 0.1) is 13.7 Å². The number of ether oxygens (including phenoxy) is 1. The minimum absolute atomic E-state index is 0.0653. The molecule has 0 spiro atoms. The van der Waals surface area contributed by atoms with Crippen LogP contribution in [0.3, 0.4) is 0 Å². The minimum Gasteiger partial charge on any atom is -0.496 e. The lowest BCUT2D eigenvalue weighted by Gasteiger charge is -2.10. The van der Waals surface area contributed by atoms with E-state index >= 15 is 0 Å². The molecular weight excluding hydrogens is 322 g/mol. The fourth-order valence-electron chi connectivity index (χ4n) is 2.40. The van der Waals surface area contributed by atoms with Crippen LogP contribution < -0.4 is 10.1 Å². The predicted octanol–water partition coefficient (Wildman–Crippen LogP) is 3.34. The Kier molecular flexibility index (Phi) is 7.15. The van der Waals surface area contributed by atoms with Crippen molar-refractivity contribution in [1.82, 2.24) is 5.32 Å². The van der Waals surface area contributed by atoms with Crippen molar-refractivity contribution in [3.05, 3.63) is 53.6 Å². The topological polar surface area (TPSA) is 58.6 Å². The van der Waals surface area contributed by atoms with Gasteiger partial charge in [-0.1, -0.05) is 25.1 Å². The van der Waals surface area contributed by atoms with E-state index in [4.69, 9.17) is 4.74 Å². The smallest absolute Gasteiger partial charge is 0.251 e. The molecule has 2 N–H and O–H groups in total. The molecule has 0 aliphatic rings. The highest BCUT2D eigenvalue weighted by molar-refractivity contribution is 7.99. The van der Waals surface area contributed by atoms with Gasteiger partial charge in [-0.15, -0.1) is 0 Å². The molecule has 0 saturated carbocycles. The number of carbonyl (C=O) groups is 1. The summed E-state index contributed by atoms with van der Waals surface area (Å²) in [7, 11) is 1.58. The van der Waals surface area contributed by atoms with E-state index in [1.54, 1.807) is 18.9 Å². The molecule has 0 fully saturated rings. The second-order valence-electron chi connectivity index (χ2n) is 5.22. The minimum atomic E-state index is -0.0910. The first-order valence-corrected chi connectivity index (χ1v) is 9.09. The maximum atomic E-state index is 12.2. The zero-order valence-electron chi connectivity index (χ0n) is 14.0. The fraction of sp³-hybridized carbons (Fsp3) is 0.316. The highest BCUT2D eigenvalue weighted by Gasteiger charge is 2.09. The third-order valence-electron chi connectivity index (χ3n) is 3.64. The maximum Gasteiger partial charge on any atom is 0.251 e. The fourth-order valence-corrected chi connectivity index (χ4v) is 2.94. The van der Waals surface area contributed by atoms with Gasteiger partial charge >= 0.3 is 0 Å². The number of aliphatic hydroxyl groups is 1. The SMILES string of the molecule is CCSCCNC(=O)c1cccc(-c2ccc(OC)c(CO)c2)c1. The standard InChI is InChI=1S/C19H23NO3S/c1-3-24-10-9-20-19(22)16-6-4-5-14(11-16)15-7-8-18(23-2)17(12-15)13-21/h4-8,11-12,21H,3,9-10,13H2,1-2H3,(H,20,22). The first-order valence-electron chi connectivity index (χ1n) is 7.93. The summed E-state index contributed by atoms with van der Waals surface area (Å²) in [5.74, 6) is 2.56. The summed E-state index contributed by atoms with van der Waals surface area (Å²) in [4.78, 5) is 12.2. The molecule has 0 atom stereocenters. The van der Waals surface area contributed by atoms with E-state index in [-0.39, 0.29) is 12.5 Å². The molecule has 4 nitrogen and oxygen atoms in total. The van der Waals surface area contributed by atoms with Crippen LogP contribution in [0.2, 0.25) is 0 Å². The molecule has 2 aromatic carbocycles. The zero-order valence-corrected chi connectivity index (χ0v) is 14.9. The third-order valence-corrected chi connectivity index (χ3v) is 4.55. The van der Waals surface area contributed by atoms with Crippen molar-refractivity contribution in [3.8, 4) is 16.9 Å². The van der Waals surface area contributed by atoms with Gasteiger partial charge in [0, 0.05) is 23.4 Å². The molecule has 0 saturated heterocycles.